The van der Waals surface area contributed by atoms with Crippen LogP contribution in [0.2, 0.25) is 10.0 Å². The van der Waals surface area contributed by atoms with Crippen LogP contribution in [0.4, 0.5) is 0 Å². The van der Waals surface area contributed by atoms with E-state index in [1.165, 1.54) is 32.1 Å². The number of benzene rings is 1. The predicted octanol–water partition coefficient (Wildman–Crippen LogP) is 6.00. The van der Waals surface area contributed by atoms with E-state index in [0.717, 1.165) is 10.6 Å². The zero-order valence-electron chi connectivity index (χ0n) is 12.2. The van der Waals surface area contributed by atoms with Gasteiger partial charge in [0.15, 0.2) is 0 Å². The molecule has 19 heavy (non-hydrogen) atoms. The summed E-state index contributed by atoms with van der Waals surface area (Å²) in [6, 6.07) is 6.58. The van der Waals surface area contributed by atoms with Crippen molar-refractivity contribution in [3.8, 4) is 0 Å². The van der Waals surface area contributed by atoms with Gasteiger partial charge in [0.2, 0.25) is 0 Å². The highest BCUT2D eigenvalue weighted by Crippen LogP contribution is 2.27. The molecule has 0 heterocycles. The lowest BCUT2D eigenvalue weighted by Gasteiger charge is -2.24. The Kier molecular flexibility index (Phi) is 7.82. The Morgan fingerprint density at radius 3 is 2.42 bits per heavy atom. The van der Waals surface area contributed by atoms with Crippen LogP contribution in [0, 0.1) is 0 Å². The van der Waals surface area contributed by atoms with Crippen LogP contribution in [0.3, 0.4) is 0 Å². The van der Waals surface area contributed by atoms with Crippen LogP contribution < -0.4 is 5.32 Å². The summed E-state index contributed by atoms with van der Waals surface area (Å²) in [5.74, 6) is 0. The van der Waals surface area contributed by atoms with Crippen LogP contribution in [-0.4, -0.2) is 6.04 Å². The van der Waals surface area contributed by atoms with Crippen molar-refractivity contribution in [1.29, 1.82) is 0 Å². The molecule has 0 radical (unpaired) electrons. The quantitative estimate of drug-likeness (QED) is 0.620. The molecular weight excluding hydrogens is 277 g/mol. The van der Waals surface area contributed by atoms with Crippen LogP contribution in [0.15, 0.2) is 18.2 Å². The zero-order valence-corrected chi connectivity index (χ0v) is 13.7. The molecule has 1 rings (SSSR count). The largest absolute Gasteiger partial charge is 0.307 e. The van der Waals surface area contributed by atoms with Crippen LogP contribution in [0.1, 0.15) is 64.5 Å². The molecule has 0 aliphatic carbocycles. The van der Waals surface area contributed by atoms with Gasteiger partial charge in [-0.15, -0.1) is 0 Å². The van der Waals surface area contributed by atoms with Crippen molar-refractivity contribution in [2.24, 2.45) is 0 Å². The Morgan fingerprint density at radius 1 is 1.11 bits per heavy atom. The fourth-order valence-corrected chi connectivity index (χ4v) is 2.98. The number of halogens is 2. The maximum absolute atomic E-state index is 6.26. The molecule has 2 atom stereocenters. The van der Waals surface area contributed by atoms with Gasteiger partial charge < -0.3 is 5.32 Å². The van der Waals surface area contributed by atoms with Crippen molar-refractivity contribution < 1.29 is 0 Å². The third kappa shape index (κ3) is 5.72. The Morgan fingerprint density at radius 2 is 1.84 bits per heavy atom. The summed E-state index contributed by atoms with van der Waals surface area (Å²) >= 11 is 12.2. The molecule has 1 N–H and O–H groups in total. The van der Waals surface area contributed by atoms with Crippen LogP contribution >= 0.6 is 23.2 Å². The van der Waals surface area contributed by atoms with Crippen LogP contribution in [0.25, 0.3) is 0 Å². The second kappa shape index (κ2) is 8.84. The molecule has 0 aliphatic heterocycles. The average molecular weight is 302 g/mol. The molecule has 0 saturated carbocycles. The summed E-state index contributed by atoms with van der Waals surface area (Å²) in [5, 5.41) is 5.14. The van der Waals surface area contributed by atoms with E-state index in [4.69, 9.17) is 23.2 Å². The number of unbranched alkanes of at least 4 members (excludes halogenated alkanes) is 1. The summed E-state index contributed by atoms with van der Waals surface area (Å²) in [6.07, 6.45) is 6.19. The van der Waals surface area contributed by atoms with Crippen LogP contribution in [-0.2, 0) is 0 Å². The van der Waals surface area contributed by atoms with Gasteiger partial charge in [-0.25, -0.2) is 0 Å². The molecule has 2 unspecified atom stereocenters. The summed E-state index contributed by atoms with van der Waals surface area (Å²) in [7, 11) is 0. The normalized spacial score (nSPS) is 14.4. The van der Waals surface area contributed by atoms with Gasteiger partial charge in [0.1, 0.15) is 0 Å². The van der Waals surface area contributed by atoms with Gasteiger partial charge in [-0.3, -0.25) is 0 Å². The monoisotopic (exact) mass is 301 g/mol. The summed E-state index contributed by atoms with van der Waals surface area (Å²) in [6.45, 7) is 6.65. The second-order valence-electron chi connectivity index (χ2n) is 5.18. The summed E-state index contributed by atoms with van der Waals surface area (Å²) < 4.78 is 0. The minimum Gasteiger partial charge on any atom is -0.307 e. The standard InChI is InChI=1S/C16H25Cl2N/c1-4-6-8-14(7-5-2)19-12(3)15-10-9-13(17)11-16(15)18/h9-12,14,19H,4-8H2,1-3H3. The summed E-state index contributed by atoms with van der Waals surface area (Å²) in [4.78, 5) is 0. The minimum atomic E-state index is 0.262. The van der Waals surface area contributed by atoms with Gasteiger partial charge in [0, 0.05) is 22.1 Å². The molecule has 0 amide bonds. The smallest absolute Gasteiger partial charge is 0.0468 e. The lowest BCUT2D eigenvalue weighted by atomic mass is 10.0. The fraction of sp³-hybridized carbons (Fsp3) is 0.625. The van der Waals surface area contributed by atoms with E-state index in [0.29, 0.717) is 11.1 Å². The highest BCUT2D eigenvalue weighted by molar-refractivity contribution is 6.35. The molecular formula is C16H25Cl2N. The molecule has 108 valence electrons. The lowest BCUT2D eigenvalue weighted by Crippen LogP contribution is -2.31. The molecule has 0 aliphatic rings. The van der Waals surface area contributed by atoms with E-state index >= 15 is 0 Å². The van der Waals surface area contributed by atoms with Crippen molar-refractivity contribution in [1.82, 2.24) is 5.32 Å². The van der Waals surface area contributed by atoms with Gasteiger partial charge >= 0.3 is 0 Å². The van der Waals surface area contributed by atoms with E-state index in [1.54, 1.807) is 0 Å². The second-order valence-corrected chi connectivity index (χ2v) is 6.03. The Balaban J connectivity index is 2.66. The molecule has 0 saturated heterocycles. The number of nitrogens with one attached hydrogen (secondary N) is 1. The van der Waals surface area contributed by atoms with Crippen LogP contribution in [0.5, 0.6) is 0 Å². The van der Waals surface area contributed by atoms with Gasteiger partial charge in [-0.2, -0.15) is 0 Å². The maximum atomic E-state index is 6.26. The van der Waals surface area contributed by atoms with E-state index < -0.39 is 0 Å². The number of hydrogen-bond donors (Lipinski definition) is 1. The maximum Gasteiger partial charge on any atom is 0.0468 e. The van der Waals surface area contributed by atoms with Crippen molar-refractivity contribution in [2.75, 3.05) is 0 Å². The first-order valence-electron chi connectivity index (χ1n) is 7.29. The molecule has 1 aromatic rings. The third-order valence-electron chi connectivity index (χ3n) is 3.46. The van der Waals surface area contributed by atoms with Gasteiger partial charge in [0.05, 0.1) is 0 Å². The molecule has 0 aromatic heterocycles. The van der Waals surface area contributed by atoms with Gasteiger partial charge in [-0.05, 0) is 37.5 Å². The Hall–Kier alpha value is -0.240. The van der Waals surface area contributed by atoms with E-state index in [-0.39, 0.29) is 6.04 Å². The van der Waals surface area contributed by atoms with Crippen molar-refractivity contribution in [2.45, 2.75) is 65.0 Å². The lowest BCUT2D eigenvalue weighted by molar-refractivity contribution is 0.396. The van der Waals surface area contributed by atoms with E-state index in [1.807, 2.05) is 18.2 Å². The first-order valence-corrected chi connectivity index (χ1v) is 8.05. The highest BCUT2D eigenvalue weighted by Gasteiger charge is 2.14. The Labute approximate surface area is 127 Å². The van der Waals surface area contributed by atoms with Crippen molar-refractivity contribution in [3.63, 3.8) is 0 Å². The van der Waals surface area contributed by atoms with Gasteiger partial charge in [0.25, 0.3) is 0 Å². The summed E-state index contributed by atoms with van der Waals surface area (Å²) in [5.41, 5.74) is 1.13. The predicted molar refractivity (Wildman–Crippen MR) is 86.2 cm³/mol. The zero-order chi connectivity index (χ0) is 14.3. The molecule has 1 nitrogen and oxygen atoms in total. The average Bonchev–Trinajstić information content (AvgIpc) is 2.36. The molecule has 1 aromatic carbocycles. The molecule has 0 fully saturated rings. The number of rotatable bonds is 8. The third-order valence-corrected chi connectivity index (χ3v) is 4.02. The molecule has 3 heteroatoms. The first-order chi connectivity index (χ1) is 9.08. The van der Waals surface area contributed by atoms with Crippen molar-refractivity contribution in [3.05, 3.63) is 33.8 Å². The van der Waals surface area contributed by atoms with E-state index in [2.05, 4.69) is 26.1 Å². The van der Waals surface area contributed by atoms with Crippen molar-refractivity contribution >= 4 is 23.2 Å². The topological polar surface area (TPSA) is 12.0 Å². The molecule has 0 bridgehead atoms. The fourth-order valence-electron chi connectivity index (χ4n) is 2.41. The molecule has 0 spiro atoms. The Bertz CT molecular complexity index is 379. The minimum absolute atomic E-state index is 0.262. The highest BCUT2D eigenvalue weighted by atomic mass is 35.5. The number of hydrogen-bond acceptors (Lipinski definition) is 1. The SMILES string of the molecule is CCCCC(CCC)NC(C)c1ccc(Cl)cc1Cl. The van der Waals surface area contributed by atoms with E-state index in [9.17, 15) is 0 Å². The first kappa shape index (κ1) is 16.8. The van der Waals surface area contributed by atoms with Gasteiger partial charge in [-0.1, -0.05) is 62.4 Å².